The minimum Gasteiger partial charge on any atom is -0.480 e. The van der Waals surface area contributed by atoms with Crippen LogP contribution >= 0.6 is 11.8 Å². The Kier molecular flexibility index (Phi) is 4.06. The number of amides is 2. The standard InChI is InChI=1S/C15H16N2O4S/c18-13-8-22-12-5-4-9(7-10(12)16-13)14(19)17-6-2-1-3-11(17)15(20)21/h4-5,7,11H,1-3,6,8H2,(H,16,18)(H,20,21)/t11-/m1/s1. The summed E-state index contributed by atoms with van der Waals surface area (Å²) in [6.45, 7) is 0.452. The van der Waals surface area contributed by atoms with Gasteiger partial charge in [-0.1, -0.05) is 0 Å². The zero-order valence-corrected chi connectivity index (χ0v) is 12.7. The number of nitrogens with zero attached hydrogens (tertiary/aromatic N) is 1. The van der Waals surface area contributed by atoms with E-state index in [9.17, 15) is 19.5 Å². The molecule has 3 rings (SSSR count). The number of fused-ring (bicyclic) bond motifs is 1. The monoisotopic (exact) mass is 320 g/mol. The summed E-state index contributed by atoms with van der Waals surface area (Å²) < 4.78 is 0. The SMILES string of the molecule is O=C1CSc2ccc(C(=O)N3CCCC[C@@H]3C(=O)O)cc2N1. The third kappa shape index (κ3) is 2.81. The van der Waals surface area contributed by atoms with Crippen molar-refractivity contribution in [3.05, 3.63) is 23.8 Å². The van der Waals surface area contributed by atoms with Crippen molar-refractivity contribution in [1.29, 1.82) is 0 Å². The van der Waals surface area contributed by atoms with Gasteiger partial charge in [0.1, 0.15) is 6.04 Å². The van der Waals surface area contributed by atoms with E-state index < -0.39 is 12.0 Å². The van der Waals surface area contributed by atoms with Gasteiger partial charge < -0.3 is 15.3 Å². The summed E-state index contributed by atoms with van der Waals surface area (Å²) in [5.74, 6) is -0.980. The number of thioether (sulfide) groups is 1. The lowest BCUT2D eigenvalue weighted by molar-refractivity contribution is -0.143. The van der Waals surface area contributed by atoms with Crippen LogP contribution in [0.5, 0.6) is 0 Å². The first-order valence-corrected chi connectivity index (χ1v) is 8.15. The molecule has 0 radical (unpaired) electrons. The van der Waals surface area contributed by atoms with Crippen LogP contribution in [0.4, 0.5) is 5.69 Å². The summed E-state index contributed by atoms with van der Waals surface area (Å²) in [5, 5.41) is 12.0. The number of anilines is 1. The van der Waals surface area contributed by atoms with Gasteiger partial charge in [-0.3, -0.25) is 9.59 Å². The summed E-state index contributed by atoms with van der Waals surface area (Å²) in [6, 6.07) is 4.36. The van der Waals surface area contributed by atoms with Crippen molar-refractivity contribution >= 4 is 35.2 Å². The number of aliphatic carboxylic acids is 1. The van der Waals surface area contributed by atoms with Gasteiger partial charge in [-0.05, 0) is 37.5 Å². The van der Waals surface area contributed by atoms with Crippen molar-refractivity contribution in [3.63, 3.8) is 0 Å². The first kappa shape index (κ1) is 14.9. The Bertz CT molecular complexity index is 646. The largest absolute Gasteiger partial charge is 0.480 e. The number of hydrogen-bond donors (Lipinski definition) is 2. The molecule has 2 N–H and O–H groups in total. The van der Waals surface area contributed by atoms with Crippen LogP contribution in [0.15, 0.2) is 23.1 Å². The molecule has 0 bridgehead atoms. The van der Waals surface area contributed by atoms with Gasteiger partial charge in [0.25, 0.3) is 5.91 Å². The molecular formula is C15H16N2O4S. The summed E-state index contributed by atoms with van der Waals surface area (Å²) in [5.41, 5.74) is 1.03. The number of rotatable bonds is 2. The molecule has 6 nitrogen and oxygen atoms in total. The van der Waals surface area contributed by atoms with Crippen molar-refractivity contribution in [2.24, 2.45) is 0 Å². The molecule has 1 fully saturated rings. The van der Waals surface area contributed by atoms with E-state index >= 15 is 0 Å². The lowest BCUT2D eigenvalue weighted by Crippen LogP contribution is -2.48. The van der Waals surface area contributed by atoms with E-state index in [1.807, 2.05) is 0 Å². The Morgan fingerprint density at radius 2 is 2.14 bits per heavy atom. The van der Waals surface area contributed by atoms with E-state index in [1.54, 1.807) is 18.2 Å². The molecule has 0 saturated carbocycles. The predicted molar refractivity (Wildman–Crippen MR) is 82.1 cm³/mol. The van der Waals surface area contributed by atoms with Gasteiger partial charge >= 0.3 is 5.97 Å². The maximum absolute atomic E-state index is 12.6. The van der Waals surface area contributed by atoms with E-state index in [2.05, 4.69) is 5.32 Å². The van der Waals surface area contributed by atoms with Crippen molar-refractivity contribution < 1.29 is 19.5 Å². The molecule has 1 saturated heterocycles. The number of carboxylic acids is 1. The summed E-state index contributed by atoms with van der Waals surface area (Å²) in [4.78, 5) is 37.7. The van der Waals surface area contributed by atoms with E-state index in [4.69, 9.17) is 0 Å². The fourth-order valence-electron chi connectivity index (χ4n) is 2.81. The van der Waals surface area contributed by atoms with Crippen LogP contribution in [-0.2, 0) is 9.59 Å². The third-order valence-electron chi connectivity index (χ3n) is 3.91. The van der Waals surface area contributed by atoms with Crippen molar-refractivity contribution in [3.8, 4) is 0 Å². The molecule has 2 heterocycles. The molecule has 1 aromatic carbocycles. The van der Waals surface area contributed by atoms with Crippen LogP contribution in [0.25, 0.3) is 0 Å². The molecular weight excluding hydrogens is 304 g/mol. The Hall–Kier alpha value is -2.02. The van der Waals surface area contributed by atoms with Crippen molar-refractivity contribution in [2.45, 2.75) is 30.2 Å². The molecule has 7 heteroatoms. The van der Waals surface area contributed by atoms with Gasteiger partial charge in [0, 0.05) is 17.0 Å². The van der Waals surface area contributed by atoms with Crippen LogP contribution in [0.1, 0.15) is 29.6 Å². The highest BCUT2D eigenvalue weighted by Crippen LogP contribution is 2.32. The quantitative estimate of drug-likeness (QED) is 0.868. The van der Waals surface area contributed by atoms with E-state index in [-0.39, 0.29) is 11.8 Å². The number of nitrogens with one attached hydrogen (secondary N) is 1. The Morgan fingerprint density at radius 1 is 1.32 bits per heavy atom. The number of piperidine rings is 1. The van der Waals surface area contributed by atoms with Gasteiger partial charge in [-0.15, -0.1) is 11.8 Å². The Morgan fingerprint density at radius 3 is 2.91 bits per heavy atom. The molecule has 2 aliphatic rings. The minimum atomic E-state index is -0.963. The highest BCUT2D eigenvalue weighted by Gasteiger charge is 2.32. The summed E-state index contributed by atoms with van der Waals surface area (Å²) in [7, 11) is 0. The number of likely N-dealkylation sites (tertiary alicyclic amines) is 1. The van der Waals surface area contributed by atoms with Crippen molar-refractivity contribution in [2.75, 3.05) is 17.6 Å². The maximum Gasteiger partial charge on any atom is 0.326 e. The number of hydrogen-bond acceptors (Lipinski definition) is 4. The first-order chi connectivity index (χ1) is 10.6. The van der Waals surface area contributed by atoms with E-state index in [0.717, 1.165) is 17.7 Å². The zero-order valence-electron chi connectivity index (χ0n) is 11.9. The lowest BCUT2D eigenvalue weighted by Gasteiger charge is -2.33. The molecule has 1 aromatic rings. The van der Waals surface area contributed by atoms with Crippen molar-refractivity contribution in [1.82, 2.24) is 4.90 Å². The van der Waals surface area contributed by atoms with E-state index in [1.165, 1.54) is 16.7 Å². The third-order valence-corrected chi connectivity index (χ3v) is 4.98. The van der Waals surface area contributed by atoms with E-state index in [0.29, 0.717) is 30.0 Å². The van der Waals surface area contributed by atoms with Gasteiger partial charge in [0.2, 0.25) is 5.91 Å². The molecule has 0 aliphatic carbocycles. The van der Waals surface area contributed by atoms with Crippen LogP contribution in [0.3, 0.4) is 0 Å². The molecule has 0 unspecified atom stereocenters. The lowest BCUT2D eigenvalue weighted by atomic mass is 10.0. The average Bonchev–Trinajstić information content (AvgIpc) is 2.53. The topological polar surface area (TPSA) is 86.7 Å². The Balaban J connectivity index is 1.86. The first-order valence-electron chi connectivity index (χ1n) is 7.17. The highest BCUT2D eigenvalue weighted by atomic mass is 32.2. The second kappa shape index (κ2) is 6.00. The molecule has 2 amide bonds. The number of carboxylic acid groups (broad SMARTS) is 1. The van der Waals surface area contributed by atoms with Gasteiger partial charge in [-0.2, -0.15) is 0 Å². The fourth-order valence-corrected chi connectivity index (χ4v) is 3.60. The second-order valence-electron chi connectivity index (χ2n) is 5.40. The highest BCUT2D eigenvalue weighted by molar-refractivity contribution is 8.00. The second-order valence-corrected chi connectivity index (χ2v) is 6.41. The maximum atomic E-state index is 12.6. The molecule has 1 atom stereocenters. The summed E-state index contributed by atoms with van der Waals surface area (Å²) in [6.07, 6.45) is 2.11. The Labute approximate surface area is 131 Å². The predicted octanol–water partition coefficient (Wildman–Crippen LogP) is 1.81. The fraction of sp³-hybridized carbons (Fsp3) is 0.400. The number of carbonyl (C=O) groups excluding carboxylic acids is 2. The van der Waals surface area contributed by atoms with Crippen LogP contribution < -0.4 is 5.32 Å². The number of benzene rings is 1. The van der Waals surface area contributed by atoms with Gasteiger partial charge in [-0.25, -0.2) is 4.79 Å². The molecule has 0 aromatic heterocycles. The molecule has 2 aliphatic heterocycles. The smallest absolute Gasteiger partial charge is 0.326 e. The van der Waals surface area contributed by atoms with Crippen LogP contribution in [0, 0.1) is 0 Å². The normalized spacial score (nSPS) is 21.0. The average molecular weight is 320 g/mol. The number of carbonyl (C=O) groups is 3. The van der Waals surface area contributed by atoms with Crippen LogP contribution in [-0.4, -0.2) is 46.1 Å². The van der Waals surface area contributed by atoms with Gasteiger partial charge in [0.15, 0.2) is 0 Å². The molecule has 0 spiro atoms. The van der Waals surface area contributed by atoms with Gasteiger partial charge in [0.05, 0.1) is 11.4 Å². The molecule has 116 valence electrons. The summed E-state index contributed by atoms with van der Waals surface area (Å²) >= 11 is 1.43. The van der Waals surface area contributed by atoms with Crippen LogP contribution in [0.2, 0.25) is 0 Å². The minimum absolute atomic E-state index is 0.0940. The zero-order chi connectivity index (χ0) is 15.7. The molecule has 22 heavy (non-hydrogen) atoms.